The maximum atomic E-state index is 5.77. The van der Waals surface area contributed by atoms with E-state index in [0.717, 1.165) is 39.5 Å². The summed E-state index contributed by atoms with van der Waals surface area (Å²) in [5.74, 6) is 4.06. The van der Waals surface area contributed by atoms with Gasteiger partial charge in [-0.3, -0.25) is 0 Å². The van der Waals surface area contributed by atoms with Crippen molar-refractivity contribution >= 4 is 11.8 Å². The van der Waals surface area contributed by atoms with Crippen LogP contribution in [0.5, 0.6) is 17.2 Å². The number of thioether (sulfide) groups is 1. The number of aromatic nitrogens is 3. The summed E-state index contributed by atoms with van der Waals surface area (Å²) < 4.78 is 18.5. The fourth-order valence-corrected chi connectivity index (χ4v) is 3.27. The van der Waals surface area contributed by atoms with E-state index in [-0.39, 0.29) is 0 Å². The predicted molar refractivity (Wildman–Crippen MR) is 107 cm³/mol. The van der Waals surface area contributed by atoms with E-state index in [1.165, 1.54) is 0 Å². The molecule has 2 aromatic carbocycles. The second kappa shape index (κ2) is 9.32. The van der Waals surface area contributed by atoms with Crippen molar-refractivity contribution in [2.75, 3.05) is 26.1 Å². The summed E-state index contributed by atoms with van der Waals surface area (Å²) in [7, 11) is 3.62. The highest BCUT2D eigenvalue weighted by Crippen LogP contribution is 2.25. The standard InChI is InChI=1S/C20H23N3O3S/c1-4-25-16-8-10-17(11-9-16)26-12-13-27-20-22-21-19(23(20)2)15-6-5-7-18(14-15)24-3/h5-11,14H,4,12-13H2,1-3H3. The molecule has 1 aromatic heterocycles. The zero-order chi connectivity index (χ0) is 19.1. The Morgan fingerprint density at radius 3 is 2.41 bits per heavy atom. The van der Waals surface area contributed by atoms with Crippen molar-refractivity contribution in [2.45, 2.75) is 12.1 Å². The molecule has 0 atom stereocenters. The normalized spacial score (nSPS) is 10.6. The first kappa shape index (κ1) is 19.1. The third-order valence-electron chi connectivity index (χ3n) is 3.88. The molecule has 6 nitrogen and oxygen atoms in total. The molecule has 0 bridgehead atoms. The number of ether oxygens (including phenoxy) is 3. The van der Waals surface area contributed by atoms with Crippen LogP contribution in [0.2, 0.25) is 0 Å². The summed E-state index contributed by atoms with van der Waals surface area (Å²) in [5, 5.41) is 9.44. The van der Waals surface area contributed by atoms with Gasteiger partial charge in [0, 0.05) is 18.4 Å². The third kappa shape index (κ3) is 4.95. The Morgan fingerprint density at radius 1 is 0.963 bits per heavy atom. The van der Waals surface area contributed by atoms with Gasteiger partial charge in [0.2, 0.25) is 0 Å². The zero-order valence-corrected chi connectivity index (χ0v) is 16.5. The predicted octanol–water partition coefficient (Wildman–Crippen LogP) is 4.06. The summed E-state index contributed by atoms with van der Waals surface area (Å²) in [6.45, 7) is 3.21. The van der Waals surface area contributed by atoms with Crippen LogP contribution >= 0.6 is 11.8 Å². The highest BCUT2D eigenvalue weighted by molar-refractivity contribution is 7.99. The van der Waals surface area contributed by atoms with E-state index in [0.29, 0.717) is 13.2 Å². The van der Waals surface area contributed by atoms with Gasteiger partial charge >= 0.3 is 0 Å². The molecule has 0 saturated carbocycles. The van der Waals surface area contributed by atoms with Gasteiger partial charge in [-0.05, 0) is 43.3 Å². The molecular weight excluding hydrogens is 362 g/mol. The van der Waals surface area contributed by atoms with Crippen LogP contribution in [-0.4, -0.2) is 40.8 Å². The first-order chi connectivity index (χ1) is 13.2. The second-order valence-electron chi connectivity index (χ2n) is 5.70. The molecule has 0 fully saturated rings. The van der Waals surface area contributed by atoms with Crippen molar-refractivity contribution in [3.05, 3.63) is 48.5 Å². The average Bonchev–Trinajstić information content (AvgIpc) is 3.07. The van der Waals surface area contributed by atoms with Crippen LogP contribution in [0.4, 0.5) is 0 Å². The van der Waals surface area contributed by atoms with E-state index < -0.39 is 0 Å². The second-order valence-corrected chi connectivity index (χ2v) is 6.76. The van der Waals surface area contributed by atoms with Crippen molar-refractivity contribution in [3.8, 4) is 28.6 Å². The molecule has 0 unspecified atom stereocenters. The highest BCUT2D eigenvalue weighted by Gasteiger charge is 2.11. The van der Waals surface area contributed by atoms with Crippen LogP contribution in [0.3, 0.4) is 0 Å². The van der Waals surface area contributed by atoms with Gasteiger partial charge in [0.05, 0.1) is 20.3 Å². The number of benzene rings is 2. The van der Waals surface area contributed by atoms with Gasteiger partial charge in [0.15, 0.2) is 11.0 Å². The molecule has 27 heavy (non-hydrogen) atoms. The van der Waals surface area contributed by atoms with Gasteiger partial charge in [-0.25, -0.2) is 0 Å². The summed E-state index contributed by atoms with van der Waals surface area (Å²) in [6, 6.07) is 15.5. The molecule has 0 aliphatic rings. The topological polar surface area (TPSA) is 58.4 Å². The van der Waals surface area contributed by atoms with Crippen LogP contribution in [-0.2, 0) is 7.05 Å². The molecule has 0 aliphatic carbocycles. The van der Waals surface area contributed by atoms with E-state index in [1.807, 2.05) is 67.1 Å². The maximum absolute atomic E-state index is 5.77. The van der Waals surface area contributed by atoms with Gasteiger partial charge < -0.3 is 18.8 Å². The molecule has 142 valence electrons. The Morgan fingerprint density at radius 2 is 1.70 bits per heavy atom. The number of methoxy groups -OCH3 is 1. The van der Waals surface area contributed by atoms with E-state index in [1.54, 1.807) is 18.9 Å². The summed E-state index contributed by atoms with van der Waals surface area (Å²) in [4.78, 5) is 0. The Balaban J connectivity index is 1.53. The summed E-state index contributed by atoms with van der Waals surface area (Å²) in [5.41, 5.74) is 0.974. The molecule has 3 aromatic rings. The van der Waals surface area contributed by atoms with Gasteiger partial charge in [-0.2, -0.15) is 0 Å². The Bertz CT molecular complexity index is 865. The average molecular weight is 385 g/mol. The van der Waals surface area contributed by atoms with Gasteiger partial charge in [0.1, 0.15) is 17.2 Å². The van der Waals surface area contributed by atoms with Crippen molar-refractivity contribution in [3.63, 3.8) is 0 Å². The van der Waals surface area contributed by atoms with Crippen molar-refractivity contribution in [1.82, 2.24) is 14.8 Å². The number of hydrogen-bond donors (Lipinski definition) is 0. The molecule has 7 heteroatoms. The van der Waals surface area contributed by atoms with E-state index in [2.05, 4.69) is 10.2 Å². The maximum Gasteiger partial charge on any atom is 0.191 e. The number of rotatable bonds is 9. The summed E-state index contributed by atoms with van der Waals surface area (Å²) in [6.07, 6.45) is 0. The highest BCUT2D eigenvalue weighted by atomic mass is 32.2. The SMILES string of the molecule is CCOc1ccc(OCCSc2nnc(-c3cccc(OC)c3)n2C)cc1. The lowest BCUT2D eigenvalue weighted by Crippen LogP contribution is -2.02. The van der Waals surface area contributed by atoms with Gasteiger partial charge in [0.25, 0.3) is 0 Å². The molecule has 3 rings (SSSR count). The Hall–Kier alpha value is -2.67. The van der Waals surface area contributed by atoms with Crippen LogP contribution in [0.1, 0.15) is 6.92 Å². The number of nitrogens with zero attached hydrogens (tertiary/aromatic N) is 3. The third-order valence-corrected chi connectivity index (χ3v) is 4.87. The van der Waals surface area contributed by atoms with Crippen LogP contribution in [0, 0.1) is 0 Å². The lowest BCUT2D eigenvalue weighted by molar-refractivity contribution is 0.332. The Labute approximate surface area is 163 Å². The lowest BCUT2D eigenvalue weighted by Gasteiger charge is -2.08. The minimum Gasteiger partial charge on any atom is -0.497 e. The molecule has 0 spiro atoms. The van der Waals surface area contributed by atoms with Crippen molar-refractivity contribution in [2.24, 2.45) is 7.05 Å². The number of hydrogen-bond acceptors (Lipinski definition) is 6. The van der Waals surface area contributed by atoms with Crippen molar-refractivity contribution < 1.29 is 14.2 Å². The molecule has 0 N–H and O–H groups in total. The molecule has 0 radical (unpaired) electrons. The molecule has 0 aliphatic heterocycles. The van der Waals surface area contributed by atoms with Crippen LogP contribution < -0.4 is 14.2 Å². The summed E-state index contributed by atoms with van der Waals surface area (Å²) >= 11 is 1.61. The van der Waals surface area contributed by atoms with Crippen LogP contribution in [0.15, 0.2) is 53.7 Å². The fraction of sp³-hybridized carbons (Fsp3) is 0.300. The Kier molecular flexibility index (Phi) is 6.59. The monoisotopic (exact) mass is 385 g/mol. The first-order valence-electron chi connectivity index (χ1n) is 8.73. The van der Waals surface area contributed by atoms with E-state index in [9.17, 15) is 0 Å². The molecule has 0 amide bonds. The van der Waals surface area contributed by atoms with E-state index in [4.69, 9.17) is 14.2 Å². The molecule has 1 heterocycles. The zero-order valence-electron chi connectivity index (χ0n) is 15.7. The molecular formula is C20H23N3O3S. The van der Waals surface area contributed by atoms with Crippen LogP contribution in [0.25, 0.3) is 11.4 Å². The molecule has 0 saturated heterocycles. The quantitative estimate of drug-likeness (QED) is 0.409. The smallest absolute Gasteiger partial charge is 0.191 e. The lowest BCUT2D eigenvalue weighted by atomic mass is 10.2. The minimum absolute atomic E-state index is 0.583. The minimum atomic E-state index is 0.583. The fourth-order valence-electron chi connectivity index (χ4n) is 2.55. The van der Waals surface area contributed by atoms with Crippen molar-refractivity contribution in [1.29, 1.82) is 0 Å². The first-order valence-corrected chi connectivity index (χ1v) is 9.72. The largest absolute Gasteiger partial charge is 0.497 e. The van der Waals surface area contributed by atoms with Gasteiger partial charge in [-0.1, -0.05) is 23.9 Å². The van der Waals surface area contributed by atoms with Gasteiger partial charge in [-0.15, -0.1) is 10.2 Å². The van der Waals surface area contributed by atoms with E-state index >= 15 is 0 Å².